The standard InChI is InChI=1S/C55H42N4/c1-56-47-20-8-3-17-41(47)45-34-37(26-29-48(45)56)58-51-23-11-6-18-42(51)44-33-36(25-28-52(44)58)55(31-13-2-14-32-55)59-53-24-12-7-19-43(53)46-35-38(27-30-54(46)59)57-49-21-9-4-15-39(49)40-16-5-10-22-50(40)57/h3-12,15-30,33-35H,2,13-14,31-32H2,1H3. The molecule has 1 fully saturated rings. The van der Waals surface area contributed by atoms with E-state index in [0.29, 0.717) is 0 Å². The molecule has 4 heteroatoms. The molecule has 0 bridgehead atoms. The fourth-order valence-electron chi connectivity index (χ4n) is 11.4. The fourth-order valence-corrected chi connectivity index (χ4v) is 11.4. The molecule has 4 nitrogen and oxygen atoms in total. The quantitative estimate of drug-likeness (QED) is 0.170. The van der Waals surface area contributed by atoms with Crippen LogP contribution in [0.1, 0.15) is 37.7 Å². The van der Waals surface area contributed by atoms with Crippen molar-refractivity contribution in [1.29, 1.82) is 0 Å². The molecule has 12 aromatic rings. The van der Waals surface area contributed by atoms with Crippen LogP contribution in [0.4, 0.5) is 0 Å². The third kappa shape index (κ3) is 4.49. The van der Waals surface area contributed by atoms with Crippen LogP contribution in [-0.2, 0) is 12.6 Å². The molecule has 0 unspecified atom stereocenters. The molecule has 0 atom stereocenters. The number of benzene rings is 8. The number of nitrogens with zero attached hydrogens (tertiary/aromatic N) is 4. The number of aromatic nitrogens is 4. The highest BCUT2D eigenvalue weighted by Crippen LogP contribution is 2.48. The summed E-state index contributed by atoms with van der Waals surface area (Å²) >= 11 is 0. The zero-order valence-electron chi connectivity index (χ0n) is 33.1. The second kappa shape index (κ2) is 12.2. The van der Waals surface area contributed by atoms with E-state index in [9.17, 15) is 0 Å². The van der Waals surface area contributed by atoms with Gasteiger partial charge in [0, 0.05) is 78.1 Å². The van der Waals surface area contributed by atoms with Crippen LogP contribution >= 0.6 is 0 Å². The highest BCUT2D eigenvalue weighted by atomic mass is 15.1. The summed E-state index contributed by atoms with van der Waals surface area (Å²) in [5.41, 5.74) is 13.7. The van der Waals surface area contributed by atoms with E-state index in [1.54, 1.807) is 0 Å². The van der Waals surface area contributed by atoms with Crippen LogP contribution < -0.4 is 0 Å². The van der Waals surface area contributed by atoms with E-state index in [0.717, 1.165) is 12.8 Å². The fraction of sp³-hybridized carbons (Fsp3) is 0.127. The summed E-state index contributed by atoms with van der Waals surface area (Å²) in [6.45, 7) is 0. The van der Waals surface area contributed by atoms with Gasteiger partial charge in [-0.05, 0) is 97.3 Å². The predicted molar refractivity (Wildman–Crippen MR) is 249 cm³/mol. The van der Waals surface area contributed by atoms with Crippen molar-refractivity contribution in [3.8, 4) is 11.4 Å². The topological polar surface area (TPSA) is 19.7 Å². The molecule has 4 heterocycles. The van der Waals surface area contributed by atoms with Crippen molar-refractivity contribution in [2.45, 2.75) is 37.6 Å². The molecule has 1 aliphatic rings. The van der Waals surface area contributed by atoms with E-state index in [4.69, 9.17) is 0 Å². The third-order valence-corrected chi connectivity index (χ3v) is 14.0. The van der Waals surface area contributed by atoms with E-state index < -0.39 is 0 Å². The van der Waals surface area contributed by atoms with E-state index >= 15 is 0 Å². The lowest BCUT2D eigenvalue weighted by atomic mass is 9.75. The van der Waals surface area contributed by atoms with Crippen LogP contribution in [-0.4, -0.2) is 18.3 Å². The minimum absolute atomic E-state index is 0.187. The van der Waals surface area contributed by atoms with Crippen molar-refractivity contribution >= 4 is 87.2 Å². The number of hydrogen-bond acceptors (Lipinski definition) is 0. The van der Waals surface area contributed by atoms with E-state index in [2.05, 4.69) is 201 Å². The smallest absolute Gasteiger partial charge is 0.0703 e. The number of fused-ring (bicyclic) bond motifs is 12. The van der Waals surface area contributed by atoms with Gasteiger partial charge < -0.3 is 18.3 Å². The van der Waals surface area contributed by atoms with Crippen LogP contribution in [0.25, 0.3) is 98.6 Å². The monoisotopic (exact) mass is 758 g/mol. The maximum Gasteiger partial charge on any atom is 0.0703 e. The van der Waals surface area contributed by atoms with Crippen LogP contribution in [0.2, 0.25) is 0 Å². The summed E-state index contributed by atoms with van der Waals surface area (Å²) in [7, 11) is 2.18. The Bertz CT molecular complexity index is 3620. The molecule has 1 aliphatic carbocycles. The molecule has 282 valence electrons. The van der Waals surface area contributed by atoms with Gasteiger partial charge in [-0.1, -0.05) is 116 Å². The van der Waals surface area contributed by atoms with E-state index in [1.807, 2.05) is 0 Å². The van der Waals surface area contributed by atoms with Gasteiger partial charge in [0.15, 0.2) is 0 Å². The van der Waals surface area contributed by atoms with E-state index in [-0.39, 0.29) is 5.54 Å². The average Bonchev–Trinajstić information content (AvgIpc) is 4.01. The largest absolute Gasteiger partial charge is 0.344 e. The first-order valence-electron chi connectivity index (χ1n) is 21.2. The van der Waals surface area contributed by atoms with Gasteiger partial charge in [-0.15, -0.1) is 0 Å². The molecule has 0 saturated heterocycles. The summed E-state index contributed by atoms with van der Waals surface area (Å²) in [4.78, 5) is 0. The molecule has 8 aromatic carbocycles. The molecular formula is C55H42N4. The predicted octanol–water partition coefficient (Wildman–Crippen LogP) is 14.3. The zero-order chi connectivity index (χ0) is 38.8. The Labute approximate surface area is 341 Å². The first-order chi connectivity index (χ1) is 29.2. The molecule has 1 saturated carbocycles. The van der Waals surface area contributed by atoms with Gasteiger partial charge in [0.25, 0.3) is 0 Å². The van der Waals surface area contributed by atoms with Crippen LogP contribution in [0.15, 0.2) is 176 Å². The van der Waals surface area contributed by atoms with Gasteiger partial charge in [-0.25, -0.2) is 0 Å². The molecule has 0 radical (unpaired) electrons. The number of rotatable bonds is 4. The Balaban J connectivity index is 1.03. The summed E-state index contributed by atoms with van der Waals surface area (Å²) in [6, 6.07) is 66.2. The lowest BCUT2D eigenvalue weighted by Gasteiger charge is -2.41. The molecule has 13 rings (SSSR count). The van der Waals surface area contributed by atoms with Crippen LogP contribution in [0, 0.1) is 0 Å². The summed E-state index contributed by atoms with van der Waals surface area (Å²) < 4.78 is 10.0. The lowest BCUT2D eigenvalue weighted by Crippen LogP contribution is -2.37. The van der Waals surface area contributed by atoms with Crippen molar-refractivity contribution in [1.82, 2.24) is 18.3 Å². The first kappa shape index (κ1) is 33.0. The number of para-hydroxylation sites is 5. The van der Waals surface area contributed by atoms with Gasteiger partial charge in [-0.3, -0.25) is 0 Å². The maximum atomic E-state index is 2.75. The van der Waals surface area contributed by atoms with Crippen molar-refractivity contribution in [3.05, 3.63) is 181 Å². The average molecular weight is 759 g/mol. The van der Waals surface area contributed by atoms with Gasteiger partial charge in [0.2, 0.25) is 0 Å². The van der Waals surface area contributed by atoms with Crippen molar-refractivity contribution in [2.75, 3.05) is 0 Å². The maximum absolute atomic E-state index is 2.75. The lowest BCUT2D eigenvalue weighted by molar-refractivity contribution is 0.260. The van der Waals surface area contributed by atoms with Gasteiger partial charge in [0.1, 0.15) is 0 Å². The molecule has 0 amide bonds. The minimum atomic E-state index is -0.187. The van der Waals surface area contributed by atoms with Crippen molar-refractivity contribution < 1.29 is 0 Å². The van der Waals surface area contributed by atoms with Crippen LogP contribution in [0.5, 0.6) is 0 Å². The summed E-state index contributed by atoms with van der Waals surface area (Å²) in [5, 5.41) is 10.4. The molecule has 0 N–H and O–H groups in total. The van der Waals surface area contributed by atoms with Crippen molar-refractivity contribution in [3.63, 3.8) is 0 Å². The summed E-state index contributed by atoms with van der Waals surface area (Å²) in [5.74, 6) is 0. The van der Waals surface area contributed by atoms with Gasteiger partial charge in [0.05, 0.1) is 33.1 Å². The molecular weight excluding hydrogens is 717 g/mol. The van der Waals surface area contributed by atoms with E-state index in [1.165, 1.54) is 123 Å². The normalized spacial score (nSPS) is 14.7. The van der Waals surface area contributed by atoms with Gasteiger partial charge >= 0.3 is 0 Å². The summed E-state index contributed by atoms with van der Waals surface area (Å²) in [6.07, 6.45) is 5.90. The Hall–Kier alpha value is -7.04. The third-order valence-electron chi connectivity index (χ3n) is 14.0. The second-order valence-electron chi connectivity index (χ2n) is 16.9. The molecule has 59 heavy (non-hydrogen) atoms. The first-order valence-corrected chi connectivity index (χ1v) is 21.2. The Morgan fingerprint density at radius 1 is 0.339 bits per heavy atom. The number of hydrogen-bond donors (Lipinski definition) is 0. The zero-order valence-corrected chi connectivity index (χ0v) is 33.1. The Morgan fingerprint density at radius 2 is 0.712 bits per heavy atom. The minimum Gasteiger partial charge on any atom is -0.344 e. The highest BCUT2D eigenvalue weighted by molar-refractivity contribution is 6.13. The molecule has 0 aliphatic heterocycles. The highest BCUT2D eigenvalue weighted by Gasteiger charge is 2.38. The molecule has 0 spiro atoms. The van der Waals surface area contributed by atoms with Crippen LogP contribution in [0.3, 0.4) is 0 Å². The number of aryl methyl sites for hydroxylation is 1. The Kier molecular flexibility index (Phi) is 6.84. The molecule has 4 aromatic heterocycles. The SMILES string of the molecule is Cn1c2ccccc2c2cc(-n3c4ccccc4c4cc(C5(n6c7ccccc7c7cc(-n8c9ccccc9c9ccccc98)ccc76)CCCCC5)ccc43)ccc21. The van der Waals surface area contributed by atoms with Crippen molar-refractivity contribution in [2.24, 2.45) is 7.05 Å². The Morgan fingerprint density at radius 3 is 1.31 bits per heavy atom. The second-order valence-corrected chi connectivity index (χ2v) is 16.9. The van der Waals surface area contributed by atoms with Gasteiger partial charge in [-0.2, -0.15) is 0 Å².